The topological polar surface area (TPSA) is 66.9 Å². The van der Waals surface area contributed by atoms with Crippen molar-refractivity contribution in [2.45, 2.75) is 50.3 Å². The molecule has 0 unspecified atom stereocenters. The number of likely N-dealkylation sites (tertiary alicyclic amines) is 1. The molecule has 2 aromatic rings. The highest BCUT2D eigenvalue weighted by Crippen LogP contribution is 2.38. The molecule has 2 aliphatic rings. The number of ether oxygens (including phenoxy) is 1. The van der Waals surface area contributed by atoms with E-state index in [1.54, 1.807) is 18.2 Å². The van der Waals surface area contributed by atoms with Crippen LogP contribution in [0.5, 0.6) is 5.75 Å². The lowest BCUT2D eigenvalue weighted by molar-refractivity contribution is -0.136. The standard InChI is InChI=1S/C26H31ClF2N2O4S/c1-19-14-21(7-8-22(19)27)35-18-26(16-25(32)30-11-3-2-4-12-30)10-5-13-31(17-26)36(33,34)24-9-6-20(28)15-23(24)29/h6-9,14-15H,2-5,10-13,16-18H2,1H3/t26-/m0/s1. The van der Waals surface area contributed by atoms with E-state index in [1.165, 1.54) is 4.31 Å². The zero-order valence-corrected chi connectivity index (χ0v) is 21.9. The van der Waals surface area contributed by atoms with Crippen LogP contribution < -0.4 is 4.74 Å². The second-order valence-electron chi connectivity index (χ2n) is 9.83. The maximum Gasteiger partial charge on any atom is 0.246 e. The first-order valence-electron chi connectivity index (χ1n) is 12.2. The van der Waals surface area contributed by atoms with E-state index in [1.807, 2.05) is 11.8 Å². The molecule has 6 nitrogen and oxygen atoms in total. The van der Waals surface area contributed by atoms with Gasteiger partial charge in [-0.25, -0.2) is 17.2 Å². The van der Waals surface area contributed by atoms with Gasteiger partial charge in [0.15, 0.2) is 0 Å². The van der Waals surface area contributed by atoms with Crippen LogP contribution in [0.15, 0.2) is 41.3 Å². The van der Waals surface area contributed by atoms with Gasteiger partial charge in [-0.15, -0.1) is 0 Å². The summed E-state index contributed by atoms with van der Waals surface area (Å²) in [6.07, 6.45) is 4.17. The Hall–Kier alpha value is -2.23. The fraction of sp³-hybridized carbons (Fsp3) is 0.500. The lowest BCUT2D eigenvalue weighted by Gasteiger charge is -2.42. The zero-order valence-electron chi connectivity index (χ0n) is 20.3. The van der Waals surface area contributed by atoms with Crippen LogP contribution in [0.3, 0.4) is 0 Å². The third kappa shape index (κ3) is 6.01. The molecule has 2 aliphatic heterocycles. The Morgan fingerprint density at radius 3 is 2.50 bits per heavy atom. The molecule has 36 heavy (non-hydrogen) atoms. The van der Waals surface area contributed by atoms with Crippen LogP contribution in [0, 0.1) is 24.0 Å². The van der Waals surface area contributed by atoms with Gasteiger partial charge in [0.25, 0.3) is 0 Å². The maximum atomic E-state index is 14.4. The van der Waals surface area contributed by atoms with E-state index in [9.17, 15) is 22.0 Å². The molecule has 196 valence electrons. The van der Waals surface area contributed by atoms with Gasteiger partial charge in [-0.1, -0.05) is 11.6 Å². The summed E-state index contributed by atoms with van der Waals surface area (Å²) in [6, 6.07) is 7.71. The highest BCUT2D eigenvalue weighted by molar-refractivity contribution is 7.89. The smallest absolute Gasteiger partial charge is 0.246 e. The van der Waals surface area contributed by atoms with Crippen LogP contribution in [0.2, 0.25) is 5.02 Å². The largest absolute Gasteiger partial charge is 0.493 e. The SMILES string of the molecule is Cc1cc(OC[C@]2(CC(=O)N3CCCCC3)CCCN(S(=O)(=O)c3ccc(F)cc3F)C2)ccc1Cl. The van der Waals surface area contributed by atoms with Gasteiger partial charge < -0.3 is 9.64 Å². The van der Waals surface area contributed by atoms with E-state index < -0.39 is 32.0 Å². The van der Waals surface area contributed by atoms with E-state index in [2.05, 4.69) is 0 Å². The highest BCUT2D eigenvalue weighted by atomic mass is 35.5. The molecule has 0 spiro atoms. The third-order valence-electron chi connectivity index (χ3n) is 7.05. The molecule has 2 fully saturated rings. The second-order valence-corrected chi connectivity index (χ2v) is 12.1. The summed E-state index contributed by atoms with van der Waals surface area (Å²) in [5, 5.41) is 0.605. The van der Waals surface area contributed by atoms with Gasteiger partial charge in [0.2, 0.25) is 15.9 Å². The number of halogens is 3. The fourth-order valence-corrected chi connectivity index (χ4v) is 6.78. The summed E-state index contributed by atoms with van der Waals surface area (Å²) >= 11 is 6.13. The van der Waals surface area contributed by atoms with Gasteiger partial charge in [-0.05, 0) is 74.9 Å². The van der Waals surface area contributed by atoms with E-state index in [-0.39, 0.29) is 32.0 Å². The van der Waals surface area contributed by atoms with E-state index in [0.29, 0.717) is 42.8 Å². The van der Waals surface area contributed by atoms with E-state index >= 15 is 0 Å². The van der Waals surface area contributed by atoms with Gasteiger partial charge >= 0.3 is 0 Å². The molecule has 0 aromatic heterocycles. The summed E-state index contributed by atoms with van der Waals surface area (Å²) in [5.74, 6) is -1.44. The van der Waals surface area contributed by atoms with Crippen molar-refractivity contribution in [2.75, 3.05) is 32.8 Å². The first kappa shape index (κ1) is 26.8. The Labute approximate surface area is 216 Å². The third-order valence-corrected chi connectivity index (χ3v) is 9.35. The number of hydrogen-bond acceptors (Lipinski definition) is 4. The number of sulfonamides is 1. The van der Waals surface area contributed by atoms with E-state index in [0.717, 1.165) is 37.0 Å². The van der Waals surface area contributed by atoms with Crippen molar-refractivity contribution in [3.05, 3.63) is 58.6 Å². The minimum Gasteiger partial charge on any atom is -0.493 e. The predicted octanol–water partition coefficient (Wildman–Crippen LogP) is 5.18. The predicted molar refractivity (Wildman–Crippen MR) is 134 cm³/mol. The molecule has 0 N–H and O–H groups in total. The number of benzene rings is 2. The van der Waals surface area contributed by atoms with Crippen molar-refractivity contribution in [1.82, 2.24) is 9.21 Å². The minimum atomic E-state index is -4.24. The fourth-order valence-electron chi connectivity index (χ4n) is 5.02. The molecule has 2 saturated heterocycles. The number of carbonyl (C=O) groups is 1. The zero-order chi connectivity index (χ0) is 25.9. The number of nitrogens with zero attached hydrogens (tertiary/aromatic N) is 2. The van der Waals surface area contributed by atoms with Crippen molar-refractivity contribution in [1.29, 1.82) is 0 Å². The lowest BCUT2D eigenvalue weighted by Crippen LogP contribution is -2.51. The number of rotatable bonds is 7. The number of hydrogen-bond donors (Lipinski definition) is 0. The molecule has 2 aromatic carbocycles. The summed E-state index contributed by atoms with van der Waals surface area (Å²) in [5.41, 5.74) is 0.0384. The van der Waals surface area contributed by atoms with Gasteiger partial charge in [0.1, 0.15) is 22.3 Å². The Morgan fingerprint density at radius 2 is 1.81 bits per heavy atom. The molecule has 1 atom stereocenters. The maximum absolute atomic E-state index is 14.4. The average molecular weight is 541 g/mol. The lowest BCUT2D eigenvalue weighted by atomic mass is 9.78. The first-order valence-corrected chi connectivity index (χ1v) is 14.0. The van der Waals surface area contributed by atoms with Gasteiger partial charge in [-0.2, -0.15) is 4.31 Å². The molecule has 0 aliphatic carbocycles. The Kier molecular flexibility index (Phi) is 8.22. The van der Waals surface area contributed by atoms with Crippen LogP contribution in [0.4, 0.5) is 8.78 Å². The van der Waals surface area contributed by atoms with Gasteiger partial charge in [0, 0.05) is 49.1 Å². The van der Waals surface area contributed by atoms with Gasteiger partial charge in [-0.3, -0.25) is 4.79 Å². The molecular weight excluding hydrogens is 510 g/mol. The Bertz CT molecular complexity index is 1220. The van der Waals surface area contributed by atoms with Crippen molar-refractivity contribution < 1.29 is 26.7 Å². The molecule has 0 saturated carbocycles. The van der Waals surface area contributed by atoms with Crippen molar-refractivity contribution in [3.8, 4) is 5.75 Å². The minimum absolute atomic E-state index is 0.00168. The molecule has 10 heteroatoms. The highest BCUT2D eigenvalue weighted by Gasteiger charge is 2.43. The summed E-state index contributed by atoms with van der Waals surface area (Å²) < 4.78 is 61.9. The average Bonchev–Trinajstić information content (AvgIpc) is 2.85. The number of amides is 1. The number of aryl methyl sites for hydroxylation is 1. The number of piperidine rings is 2. The second kappa shape index (κ2) is 11.0. The summed E-state index contributed by atoms with van der Waals surface area (Å²) in [6.45, 7) is 3.53. The van der Waals surface area contributed by atoms with Crippen LogP contribution in [0.25, 0.3) is 0 Å². The molecule has 0 radical (unpaired) electrons. The van der Waals surface area contributed by atoms with Crippen LogP contribution in [-0.4, -0.2) is 56.3 Å². The van der Waals surface area contributed by atoms with Crippen LogP contribution in [-0.2, 0) is 14.8 Å². The van der Waals surface area contributed by atoms with Crippen LogP contribution in [0.1, 0.15) is 44.1 Å². The molecule has 4 rings (SSSR count). The normalized spacial score (nSPS) is 21.4. The van der Waals surface area contributed by atoms with Crippen molar-refractivity contribution >= 4 is 27.5 Å². The molecule has 0 bridgehead atoms. The Morgan fingerprint density at radius 1 is 1.06 bits per heavy atom. The van der Waals surface area contributed by atoms with Crippen molar-refractivity contribution in [2.24, 2.45) is 5.41 Å². The molecule has 2 heterocycles. The van der Waals surface area contributed by atoms with Crippen molar-refractivity contribution in [3.63, 3.8) is 0 Å². The van der Waals surface area contributed by atoms with Crippen LogP contribution >= 0.6 is 11.6 Å². The molecular formula is C26H31ClF2N2O4S. The molecule has 1 amide bonds. The quantitative estimate of drug-likeness (QED) is 0.485. The summed E-state index contributed by atoms with van der Waals surface area (Å²) in [4.78, 5) is 14.5. The van der Waals surface area contributed by atoms with Gasteiger partial charge in [0.05, 0.1) is 6.61 Å². The van der Waals surface area contributed by atoms with E-state index in [4.69, 9.17) is 16.3 Å². The Balaban J connectivity index is 1.60. The first-order chi connectivity index (χ1) is 17.1. The summed E-state index contributed by atoms with van der Waals surface area (Å²) in [7, 11) is -4.24. The monoisotopic (exact) mass is 540 g/mol. The number of carbonyl (C=O) groups excluding carboxylic acids is 1.